The number of piperidine rings is 3. The number of nitrogens with one attached hydrogen (secondary N) is 1. The lowest BCUT2D eigenvalue weighted by atomic mass is 9.84. The number of nitrogens with two attached hydrogens (primary N) is 1. The van der Waals surface area contributed by atoms with E-state index in [-0.39, 0.29) is 5.97 Å². The number of methoxy groups -OCH3 is 1. The predicted octanol–water partition coefficient (Wildman–Crippen LogP) is 1.56. The average Bonchev–Trinajstić information content (AvgIpc) is 2.50. The first-order chi connectivity index (χ1) is 9.69. The van der Waals surface area contributed by atoms with E-state index >= 15 is 0 Å². The van der Waals surface area contributed by atoms with Gasteiger partial charge in [-0.2, -0.15) is 0 Å². The highest BCUT2D eigenvalue weighted by Crippen LogP contribution is 2.32. The zero-order valence-corrected chi connectivity index (χ0v) is 11.8. The molecule has 1 aromatic carbocycles. The van der Waals surface area contributed by atoms with E-state index in [0.29, 0.717) is 23.2 Å². The van der Waals surface area contributed by atoms with Crippen LogP contribution in [0.5, 0.6) is 0 Å². The number of hydrogen-bond donors (Lipinski definition) is 2. The van der Waals surface area contributed by atoms with Crippen LogP contribution < -0.4 is 11.1 Å². The molecule has 108 valence electrons. The Kier molecular flexibility index (Phi) is 3.53. The molecular weight excluding hydrogens is 254 g/mol. The van der Waals surface area contributed by atoms with E-state index < -0.39 is 0 Å². The zero-order chi connectivity index (χ0) is 14.1. The molecule has 5 nitrogen and oxygen atoms in total. The molecule has 4 rings (SSSR count). The van der Waals surface area contributed by atoms with Crippen molar-refractivity contribution in [3.05, 3.63) is 23.8 Å². The van der Waals surface area contributed by atoms with Gasteiger partial charge in [0.2, 0.25) is 0 Å². The van der Waals surface area contributed by atoms with Gasteiger partial charge in [0.05, 0.1) is 24.0 Å². The van der Waals surface area contributed by atoms with E-state index in [0.717, 1.165) is 12.2 Å². The summed E-state index contributed by atoms with van der Waals surface area (Å²) in [7, 11) is 1.37. The number of carbonyl (C=O) groups is 1. The van der Waals surface area contributed by atoms with Crippen LogP contribution in [-0.4, -0.2) is 43.7 Å². The molecule has 0 amide bonds. The summed E-state index contributed by atoms with van der Waals surface area (Å²) >= 11 is 0. The highest BCUT2D eigenvalue weighted by atomic mass is 16.5. The second-order valence-electron chi connectivity index (χ2n) is 5.65. The number of ether oxygens (including phenoxy) is 1. The number of rotatable bonds is 3. The van der Waals surface area contributed by atoms with E-state index in [9.17, 15) is 4.79 Å². The van der Waals surface area contributed by atoms with Gasteiger partial charge in [-0.05, 0) is 44.0 Å². The van der Waals surface area contributed by atoms with Crippen molar-refractivity contribution in [2.24, 2.45) is 5.92 Å². The highest BCUT2D eigenvalue weighted by Gasteiger charge is 2.34. The van der Waals surface area contributed by atoms with Gasteiger partial charge in [0.15, 0.2) is 0 Å². The van der Waals surface area contributed by atoms with Gasteiger partial charge in [-0.3, -0.25) is 0 Å². The number of carbonyl (C=O) groups excluding carboxylic acids is 1. The van der Waals surface area contributed by atoms with Crippen molar-refractivity contribution in [1.29, 1.82) is 0 Å². The van der Waals surface area contributed by atoms with Crippen LogP contribution in [0.3, 0.4) is 0 Å². The fourth-order valence-corrected chi connectivity index (χ4v) is 3.31. The van der Waals surface area contributed by atoms with E-state index in [2.05, 4.69) is 10.2 Å². The number of benzene rings is 1. The first-order valence-electron chi connectivity index (χ1n) is 7.14. The summed E-state index contributed by atoms with van der Waals surface area (Å²) in [6.45, 7) is 3.48. The summed E-state index contributed by atoms with van der Waals surface area (Å²) in [4.78, 5) is 14.2. The molecular formula is C15H21N3O2. The topological polar surface area (TPSA) is 67.6 Å². The van der Waals surface area contributed by atoms with Crippen LogP contribution in [0.25, 0.3) is 0 Å². The van der Waals surface area contributed by atoms with E-state index in [1.54, 1.807) is 6.07 Å². The van der Waals surface area contributed by atoms with Gasteiger partial charge >= 0.3 is 5.97 Å². The second kappa shape index (κ2) is 5.32. The largest absolute Gasteiger partial charge is 0.465 e. The Morgan fingerprint density at radius 2 is 2.15 bits per heavy atom. The molecule has 1 unspecified atom stereocenters. The van der Waals surface area contributed by atoms with E-state index in [4.69, 9.17) is 10.5 Å². The molecule has 3 aliphatic rings. The Bertz CT molecular complexity index is 510. The summed E-state index contributed by atoms with van der Waals surface area (Å²) in [6.07, 6.45) is 2.49. The summed E-state index contributed by atoms with van der Waals surface area (Å²) in [5.74, 6) is 0.321. The van der Waals surface area contributed by atoms with Crippen LogP contribution in [0, 0.1) is 5.92 Å². The Morgan fingerprint density at radius 3 is 2.75 bits per heavy atom. The monoisotopic (exact) mass is 275 g/mol. The Labute approximate surface area is 119 Å². The minimum Gasteiger partial charge on any atom is -0.465 e. The first kappa shape index (κ1) is 13.2. The third-order valence-electron chi connectivity index (χ3n) is 4.51. The maximum absolute atomic E-state index is 11.7. The summed E-state index contributed by atoms with van der Waals surface area (Å²) in [5.41, 5.74) is 7.85. The van der Waals surface area contributed by atoms with Crippen LogP contribution in [0.1, 0.15) is 23.2 Å². The standard InChI is InChI=1S/C15H21N3O2/c1-20-15(19)11-3-2-4-12(14(11)16)17-13-9-18-7-5-10(13)6-8-18/h2-4,10,13,17H,5-9,16H2,1H3. The van der Waals surface area contributed by atoms with Crippen molar-refractivity contribution >= 4 is 17.3 Å². The molecule has 0 radical (unpaired) electrons. The lowest BCUT2D eigenvalue weighted by Gasteiger charge is -2.45. The summed E-state index contributed by atoms with van der Waals surface area (Å²) < 4.78 is 4.76. The van der Waals surface area contributed by atoms with E-state index in [1.165, 1.54) is 33.0 Å². The third kappa shape index (κ3) is 2.33. The number of para-hydroxylation sites is 1. The van der Waals surface area contributed by atoms with Gasteiger partial charge < -0.3 is 20.7 Å². The number of hydrogen-bond acceptors (Lipinski definition) is 5. The molecule has 1 atom stereocenters. The van der Waals surface area contributed by atoms with Crippen molar-refractivity contribution in [2.75, 3.05) is 37.8 Å². The van der Waals surface area contributed by atoms with Crippen molar-refractivity contribution < 1.29 is 9.53 Å². The molecule has 5 heteroatoms. The smallest absolute Gasteiger partial charge is 0.340 e. The van der Waals surface area contributed by atoms with Crippen LogP contribution >= 0.6 is 0 Å². The van der Waals surface area contributed by atoms with Crippen molar-refractivity contribution in [1.82, 2.24) is 4.90 Å². The SMILES string of the molecule is COC(=O)c1cccc(NC2CN3CCC2CC3)c1N. The van der Waals surface area contributed by atoms with Gasteiger partial charge in [-0.25, -0.2) is 4.79 Å². The summed E-state index contributed by atoms with van der Waals surface area (Å²) in [5, 5.41) is 3.53. The lowest BCUT2D eigenvalue weighted by molar-refractivity contribution is 0.0602. The lowest BCUT2D eigenvalue weighted by Crippen LogP contribution is -2.53. The van der Waals surface area contributed by atoms with Crippen LogP contribution in [-0.2, 0) is 4.74 Å². The number of esters is 1. The van der Waals surface area contributed by atoms with Crippen molar-refractivity contribution in [2.45, 2.75) is 18.9 Å². The van der Waals surface area contributed by atoms with Gasteiger partial charge in [0, 0.05) is 12.6 Å². The Morgan fingerprint density at radius 1 is 1.40 bits per heavy atom. The fourth-order valence-electron chi connectivity index (χ4n) is 3.31. The maximum Gasteiger partial charge on any atom is 0.340 e. The molecule has 2 bridgehead atoms. The maximum atomic E-state index is 11.7. The number of anilines is 2. The normalized spacial score (nSPS) is 28.1. The third-order valence-corrected chi connectivity index (χ3v) is 4.51. The number of nitrogens with zero attached hydrogens (tertiary/aromatic N) is 1. The van der Waals surface area contributed by atoms with Crippen LogP contribution in [0.4, 0.5) is 11.4 Å². The van der Waals surface area contributed by atoms with Gasteiger partial charge in [-0.15, -0.1) is 0 Å². The van der Waals surface area contributed by atoms with Crippen molar-refractivity contribution in [3.63, 3.8) is 0 Å². The minimum atomic E-state index is -0.389. The molecule has 1 aromatic rings. The molecule has 3 fully saturated rings. The molecule has 0 spiro atoms. The minimum absolute atomic E-state index is 0.389. The average molecular weight is 275 g/mol. The van der Waals surface area contributed by atoms with Gasteiger partial charge in [-0.1, -0.05) is 6.07 Å². The zero-order valence-electron chi connectivity index (χ0n) is 11.8. The van der Waals surface area contributed by atoms with Crippen LogP contribution in [0.15, 0.2) is 18.2 Å². The quantitative estimate of drug-likeness (QED) is 0.647. The highest BCUT2D eigenvalue weighted by molar-refractivity contribution is 5.98. The molecule has 3 heterocycles. The van der Waals surface area contributed by atoms with Crippen LogP contribution in [0.2, 0.25) is 0 Å². The summed E-state index contributed by atoms with van der Waals surface area (Å²) in [6, 6.07) is 5.89. The molecule has 0 aromatic heterocycles. The number of fused-ring (bicyclic) bond motifs is 3. The molecule has 3 aliphatic heterocycles. The Balaban J connectivity index is 1.79. The predicted molar refractivity (Wildman–Crippen MR) is 78.8 cm³/mol. The second-order valence-corrected chi connectivity index (χ2v) is 5.65. The molecule has 3 saturated heterocycles. The van der Waals surface area contributed by atoms with Crippen molar-refractivity contribution in [3.8, 4) is 0 Å². The van der Waals surface area contributed by atoms with Gasteiger partial charge in [0.25, 0.3) is 0 Å². The Hall–Kier alpha value is -1.75. The molecule has 0 saturated carbocycles. The number of nitrogen functional groups attached to an aromatic ring is 1. The van der Waals surface area contributed by atoms with E-state index in [1.807, 2.05) is 12.1 Å². The fraction of sp³-hybridized carbons (Fsp3) is 0.533. The first-order valence-corrected chi connectivity index (χ1v) is 7.14. The molecule has 0 aliphatic carbocycles. The van der Waals surface area contributed by atoms with Gasteiger partial charge in [0.1, 0.15) is 0 Å². The molecule has 3 N–H and O–H groups in total. The molecule has 20 heavy (non-hydrogen) atoms.